The van der Waals surface area contributed by atoms with Crippen LogP contribution in [0.5, 0.6) is 0 Å². The molecule has 0 heterocycles. The summed E-state index contributed by atoms with van der Waals surface area (Å²) in [5, 5.41) is 9.31. The minimum absolute atomic E-state index is 0.498. The highest BCUT2D eigenvalue weighted by atomic mass is 32.1. The fraction of sp³-hybridized carbons (Fsp3) is 0.222. The van der Waals surface area contributed by atoms with E-state index in [4.69, 9.17) is 0 Å². The third-order valence-corrected chi connectivity index (χ3v) is 2.05. The van der Waals surface area contributed by atoms with E-state index < -0.39 is 6.10 Å². The molecule has 1 rings (SSSR count). The fourth-order valence-corrected chi connectivity index (χ4v) is 1.53. The summed E-state index contributed by atoms with van der Waals surface area (Å²) in [5.74, 6) is 0. The molecule has 0 aliphatic heterocycles. The molecule has 0 spiro atoms. The number of hydrogen-bond donors (Lipinski definition) is 2. The minimum atomic E-state index is -0.654. The zero-order chi connectivity index (χ0) is 9.14. The summed E-state index contributed by atoms with van der Waals surface area (Å²) < 4.78 is 0. The van der Waals surface area contributed by atoms with Crippen molar-refractivity contribution >= 4 is 18.9 Å². The summed E-state index contributed by atoms with van der Waals surface area (Å²) in [4.78, 5) is 11.2. The molecule has 12 heavy (non-hydrogen) atoms. The number of aldehydes is 1. The molecule has 64 valence electrons. The predicted octanol–water partition coefficient (Wildman–Crippen LogP) is 1.84. The lowest BCUT2D eigenvalue weighted by molar-refractivity contribution is 0.111. The van der Waals surface area contributed by atoms with Crippen LogP contribution in [0.2, 0.25) is 0 Å². The van der Waals surface area contributed by atoms with E-state index >= 15 is 0 Å². The number of aliphatic hydroxyl groups is 1. The number of carbonyl (C=O) groups is 1. The lowest BCUT2D eigenvalue weighted by Gasteiger charge is -2.09. The molecule has 3 heteroatoms. The Balaban J connectivity index is 3.29. The van der Waals surface area contributed by atoms with Gasteiger partial charge in [0, 0.05) is 16.0 Å². The van der Waals surface area contributed by atoms with E-state index in [0.29, 0.717) is 16.0 Å². The van der Waals surface area contributed by atoms with Crippen LogP contribution in [0, 0.1) is 0 Å². The molecule has 0 aliphatic rings. The molecule has 0 saturated carbocycles. The van der Waals surface area contributed by atoms with Crippen LogP contribution in [0.1, 0.15) is 28.9 Å². The number of hydrogen-bond acceptors (Lipinski definition) is 3. The van der Waals surface area contributed by atoms with Gasteiger partial charge in [0.05, 0.1) is 6.10 Å². The number of thiol groups is 1. The van der Waals surface area contributed by atoms with E-state index in [1.54, 1.807) is 25.1 Å². The standard InChI is InChI=1S/C9H10O2S/c1-6(11)9-7(5-10)3-2-4-8(9)12/h2-6,11-12H,1H3. The maximum atomic E-state index is 10.5. The number of rotatable bonds is 2. The van der Waals surface area contributed by atoms with Gasteiger partial charge < -0.3 is 5.11 Å². The lowest BCUT2D eigenvalue weighted by Crippen LogP contribution is -1.98. The topological polar surface area (TPSA) is 37.3 Å². The SMILES string of the molecule is CC(O)c1c(S)cccc1C=O. The lowest BCUT2D eigenvalue weighted by atomic mass is 10.0. The molecule has 0 aliphatic carbocycles. The Kier molecular flexibility index (Phi) is 2.89. The highest BCUT2D eigenvalue weighted by Crippen LogP contribution is 2.23. The molecule has 0 saturated heterocycles. The Morgan fingerprint density at radius 2 is 2.25 bits per heavy atom. The van der Waals surface area contributed by atoms with Crippen molar-refractivity contribution in [2.75, 3.05) is 0 Å². The first-order chi connectivity index (χ1) is 5.66. The maximum Gasteiger partial charge on any atom is 0.150 e. The normalized spacial score (nSPS) is 12.6. The van der Waals surface area contributed by atoms with Crippen LogP contribution in [0.25, 0.3) is 0 Å². The van der Waals surface area contributed by atoms with E-state index in [1.165, 1.54) is 0 Å². The first kappa shape index (κ1) is 9.29. The van der Waals surface area contributed by atoms with Gasteiger partial charge in [0.1, 0.15) is 6.29 Å². The van der Waals surface area contributed by atoms with Crippen molar-refractivity contribution in [3.05, 3.63) is 29.3 Å². The van der Waals surface area contributed by atoms with Crippen LogP contribution >= 0.6 is 12.6 Å². The average Bonchev–Trinajstić information content (AvgIpc) is 2.03. The molecule has 1 N–H and O–H groups in total. The van der Waals surface area contributed by atoms with Gasteiger partial charge in [-0.05, 0) is 13.0 Å². The number of aliphatic hydroxyl groups excluding tert-OH is 1. The molecule has 0 aromatic heterocycles. The molecule has 0 radical (unpaired) electrons. The molecule has 0 amide bonds. The van der Waals surface area contributed by atoms with E-state index in [-0.39, 0.29) is 0 Å². The van der Waals surface area contributed by atoms with Crippen LogP contribution in [0.3, 0.4) is 0 Å². The van der Waals surface area contributed by atoms with E-state index in [2.05, 4.69) is 12.6 Å². The van der Waals surface area contributed by atoms with Crippen LogP contribution in [0.15, 0.2) is 23.1 Å². The van der Waals surface area contributed by atoms with Crippen molar-refractivity contribution in [1.29, 1.82) is 0 Å². The van der Waals surface area contributed by atoms with Crippen molar-refractivity contribution in [1.82, 2.24) is 0 Å². The zero-order valence-electron chi connectivity index (χ0n) is 6.69. The number of carbonyl (C=O) groups excluding carboxylic acids is 1. The monoisotopic (exact) mass is 182 g/mol. The first-order valence-corrected chi connectivity index (χ1v) is 4.06. The van der Waals surface area contributed by atoms with Gasteiger partial charge >= 0.3 is 0 Å². The maximum absolute atomic E-state index is 10.5. The Labute approximate surface area is 76.6 Å². The quantitative estimate of drug-likeness (QED) is 0.541. The van der Waals surface area contributed by atoms with Crippen molar-refractivity contribution in [3.8, 4) is 0 Å². The predicted molar refractivity (Wildman–Crippen MR) is 49.7 cm³/mol. The third-order valence-electron chi connectivity index (χ3n) is 1.66. The summed E-state index contributed by atoms with van der Waals surface area (Å²) in [6, 6.07) is 5.14. The zero-order valence-corrected chi connectivity index (χ0v) is 7.58. The van der Waals surface area contributed by atoms with E-state index in [9.17, 15) is 9.90 Å². The molecule has 1 aromatic carbocycles. The Hall–Kier alpha value is -0.800. The van der Waals surface area contributed by atoms with Crippen LogP contribution in [-0.4, -0.2) is 11.4 Å². The second kappa shape index (κ2) is 3.74. The summed E-state index contributed by atoms with van der Waals surface area (Å²) in [7, 11) is 0. The van der Waals surface area contributed by atoms with Crippen LogP contribution in [0.4, 0.5) is 0 Å². The Bertz CT molecular complexity index is 295. The summed E-state index contributed by atoms with van der Waals surface area (Å²) in [6.07, 6.45) is 0.0702. The van der Waals surface area contributed by atoms with Gasteiger partial charge in [0.15, 0.2) is 0 Å². The molecule has 1 aromatic rings. The molecular formula is C9H10O2S. The van der Waals surface area contributed by atoms with Crippen molar-refractivity contribution in [2.24, 2.45) is 0 Å². The minimum Gasteiger partial charge on any atom is -0.389 e. The second-order valence-electron chi connectivity index (χ2n) is 2.57. The highest BCUT2D eigenvalue weighted by molar-refractivity contribution is 7.80. The number of benzene rings is 1. The van der Waals surface area contributed by atoms with E-state index in [1.807, 2.05) is 0 Å². The van der Waals surface area contributed by atoms with Gasteiger partial charge in [-0.25, -0.2) is 0 Å². The summed E-state index contributed by atoms with van der Waals surface area (Å²) in [6.45, 7) is 1.61. The van der Waals surface area contributed by atoms with Crippen LogP contribution < -0.4 is 0 Å². The summed E-state index contributed by atoms with van der Waals surface area (Å²) in [5.41, 5.74) is 1.09. The average molecular weight is 182 g/mol. The van der Waals surface area contributed by atoms with Gasteiger partial charge in [0.2, 0.25) is 0 Å². The second-order valence-corrected chi connectivity index (χ2v) is 3.06. The largest absolute Gasteiger partial charge is 0.389 e. The van der Waals surface area contributed by atoms with Gasteiger partial charge in [-0.15, -0.1) is 12.6 Å². The van der Waals surface area contributed by atoms with Crippen molar-refractivity contribution in [2.45, 2.75) is 17.9 Å². The Morgan fingerprint density at radius 3 is 2.67 bits per heavy atom. The van der Waals surface area contributed by atoms with Gasteiger partial charge in [-0.2, -0.15) is 0 Å². The van der Waals surface area contributed by atoms with Crippen molar-refractivity contribution in [3.63, 3.8) is 0 Å². The van der Waals surface area contributed by atoms with Gasteiger partial charge in [-0.3, -0.25) is 4.79 Å². The molecule has 0 bridgehead atoms. The molecule has 0 fully saturated rings. The molecule has 2 nitrogen and oxygen atoms in total. The third kappa shape index (κ3) is 1.68. The van der Waals surface area contributed by atoms with E-state index in [0.717, 1.165) is 6.29 Å². The Morgan fingerprint density at radius 1 is 1.58 bits per heavy atom. The molecular weight excluding hydrogens is 172 g/mol. The van der Waals surface area contributed by atoms with Gasteiger partial charge in [0.25, 0.3) is 0 Å². The van der Waals surface area contributed by atoms with Crippen LogP contribution in [-0.2, 0) is 0 Å². The van der Waals surface area contributed by atoms with Gasteiger partial charge in [-0.1, -0.05) is 12.1 Å². The smallest absolute Gasteiger partial charge is 0.150 e. The molecule has 1 unspecified atom stereocenters. The van der Waals surface area contributed by atoms with Crippen molar-refractivity contribution < 1.29 is 9.90 Å². The highest BCUT2D eigenvalue weighted by Gasteiger charge is 2.09. The first-order valence-electron chi connectivity index (χ1n) is 3.62. The molecule has 1 atom stereocenters. The summed E-state index contributed by atoms with van der Waals surface area (Å²) >= 11 is 4.14. The fourth-order valence-electron chi connectivity index (χ4n) is 1.13.